The molecule has 0 amide bonds. The summed E-state index contributed by atoms with van der Waals surface area (Å²) in [5.41, 5.74) is 11.4. The third-order valence-corrected chi connectivity index (χ3v) is 8.19. The van der Waals surface area contributed by atoms with Crippen molar-refractivity contribution in [3.63, 3.8) is 0 Å². The third kappa shape index (κ3) is 5.44. The fourth-order valence-electron chi connectivity index (χ4n) is 5.87. The Hall–Kier alpha value is -6.26. The quantitative estimate of drug-likeness (QED) is 0.194. The van der Waals surface area contributed by atoms with E-state index in [2.05, 4.69) is 143 Å². The zero-order valence-corrected chi connectivity index (χ0v) is 25.0. The van der Waals surface area contributed by atoms with Gasteiger partial charge in [-0.2, -0.15) is 0 Å². The normalized spacial score (nSPS) is 11.0. The van der Waals surface area contributed by atoms with Gasteiger partial charge in [-0.05, 0) is 69.8 Å². The van der Waals surface area contributed by atoms with Gasteiger partial charge in [0.2, 0.25) is 0 Å². The van der Waals surface area contributed by atoms with Crippen LogP contribution in [0.3, 0.4) is 0 Å². The van der Waals surface area contributed by atoms with Crippen molar-refractivity contribution in [2.24, 2.45) is 0 Å². The fourth-order valence-corrected chi connectivity index (χ4v) is 5.87. The molecule has 0 aliphatic heterocycles. The van der Waals surface area contributed by atoms with Gasteiger partial charge < -0.3 is 0 Å². The van der Waals surface area contributed by atoms with Crippen molar-refractivity contribution >= 4 is 10.9 Å². The van der Waals surface area contributed by atoms with Crippen LogP contribution in [0.15, 0.2) is 170 Å². The van der Waals surface area contributed by atoms with E-state index in [1.54, 1.807) is 12.4 Å². The number of benzene rings is 6. The lowest BCUT2D eigenvalue weighted by Crippen LogP contribution is -1.97. The molecular formula is C42H28N4. The minimum Gasteiger partial charge on any atom is -0.237 e. The van der Waals surface area contributed by atoms with Crippen molar-refractivity contribution in [3.05, 3.63) is 170 Å². The van der Waals surface area contributed by atoms with Crippen LogP contribution in [0, 0.1) is 0 Å². The summed E-state index contributed by atoms with van der Waals surface area (Å²) in [4.78, 5) is 19.5. The predicted octanol–water partition coefficient (Wildman–Crippen LogP) is 10.4. The molecule has 2 aromatic heterocycles. The van der Waals surface area contributed by atoms with Crippen molar-refractivity contribution in [1.29, 1.82) is 0 Å². The van der Waals surface area contributed by atoms with Gasteiger partial charge in [0, 0.05) is 34.5 Å². The number of hydrogen-bond donors (Lipinski definition) is 0. The molecule has 8 aromatic rings. The van der Waals surface area contributed by atoms with E-state index in [-0.39, 0.29) is 0 Å². The minimum atomic E-state index is 0.652. The summed E-state index contributed by atoms with van der Waals surface area (Å²) in [6, 6.07) is 54.5. The molecule has 8 rings (SSSR count). The Bertz CT molecular complexity index is 2270. The van der Waals surface area contributed by atoms with Crippen LogP contribution in [0.5, 0.6) is 0 Å². The highest BCUT2D eigenvalue weighted by molar-refractivity contribution is 5.96. The van der Waals surface area contributed by atoms with Gasteiger partial charge in [0.25, 0.3) is 0 Å². The van der Waals surface area contributed by atoms with Gasteiger partial charge in [0.1, 0.15) is 0 Å². The summed E-state index contributed by atoms with van der Waals surface area (Å²) in [6.07, 6.45) is 3.54. The molecule has 216 valence electrons. The van der Waals surface area contributed by atoms with Crippen LogP contribution in [0.1, 0.15) is 0 Å². The highest BCUT2D eigenvalue weighted by atomic mass is 14.9. The summed E-state index contributed by atoms with van der Waals surface area (Å²) >= 11 is 0. The second-order valence-electron chi connectivity index (χ2n) is 11.2. The second-order valence-corrected chi connectivity index (χ2v) is 11.2. The van der Waals surface area contributed by atoms with E-state index >= 15 is 0 Å². The molecule has 46 heavy (non-hydrogen) atoms. The monoisotopic (exact) mass is 588 g/mol. The van der Waals surface area contributed by atoms with Gasteiger partial charge >= 0.3 is 0 Å². The zero-order chi connectivity index (χ0) is 30.7. The molecule has 0 saturated heterocycles. The summed E-state index contributed by atoms with van der Waals surface area (Å²) in [5.74, 6) is 1.31. The largest absolute Gasteiger partial charge is 0.237 e. The number of aromatic nitrogens is 4. The van der Waals surface area contributed by atoms with Gasteiger partial charge in [-0.15, -0.1) is 0 Å². The Labute approximate surface area is 267 Å². The van der Waals surface area contributed by atoms with Gasteiger partial charge in [0.15, 0.2) is 11.6 Å². The Balaban J connectivity index is 1.30. The molecule has 0 aliphatic rings. The minimum absolute atomic E-state index is 0.652. The second kappa shape index (κ2) is 12.0. The molecule has 0 aliphatic carbocycles. The number of rotatable bonds is 6. The molecule has 0 spiro atoms. The average Bonchev–Trinajstić information content (AvgIpc) is 3.15. The van der Waals surface area contributed by atoms with E-state index in [9.17, 15) is 0 Å². The van der Waals surface area contributed by atoms with Crippen molar-refractivity contribution in [1.82, 2.24) is 19.9 Å². The maximum Gasteiger partial charge on any atom is 0.160 e. The van der Waals surface area contributed by atoms with Gasteiger partial charge in [0.05, 0.1) is 11.2 Å². The summed E-state index contributed by atoms with van der Waals surface area (Å²) in [7, 11) is 0. The lowest BCUT2D eigenvalue weighted by Gasteiger charge is -2.13. The number of fused-ring (bicyclic) bond motifs is 1. The Morgan fingerprint density at radius 2 is 0.783 bits per heavy atom. The van der Waals surface area contributed by atoms with Crippen molar-refractivity contribution in [2.75, 3.05) is 0 Å². The van der Waals surface area contributed by atoms with E-state index in [0.717, 1.165) is 55.5 Å². The molecule has 0 atom stereocenters. The first kappa shape index (κ1) is 27.3. The molecule has 0 radical (unpaired) electrons. The molecule has 0 fully saturated rings. The standard InChI is InChI=1S/C42H28N4/c1-4-11-29(12-5-1)31-17-19-32(20-18-31)35-25-36(41-43-23-10-24-44-41)27-37(26-35)42-45-39-22-21-34(30-13-6-2-7-14-30)28-38(39)40(46-42)33-15-8-3-9-16-33/h1-28H. The van der Waals surface area contributed by atoms with Crippen LogP contribution < -0.4 is 0 Å². The van der Waals surface area contributed by atoms with E-state index in [1.807, 2.05) is 24.3 Å². The van der Waals surface area contributed by atoms with Gasteiger partial charge in [-0.25, -0.2) is 19.9 Å². The Morgan fingerprint density at radius 1 is 0.304 bits per heavy atom. The van der Waals surface area contributed by atoms with Crippen LogP contribution in [-0.4, -0.2) is 19.9 Å². The van der Waals surface area contributed by atoms with Crippen LogP contribution in [0.25, 0.3) is 78.3 Å². The van der Waals surface area contributed by atoms with Crippen LogP contribution in [0.2, 0.25) is 0 Å². The highest BCUT2D eigenvalue weighted by Gasteiger charge is 2.16. The smallest absolute Gasteiger partial charge is 0.160 e. The fraction of sp³-hybridized carbons (Fsp3) is 0. The topological polar surface area (TPSA) is 51.6 Å². The first-order valence-electron chi connectivity index (χ1n) is 15.3. The molecule has 2 heterocycles. The van der Waals surface area contributed by atoms with E-state index < -0.39 is 0 Å². The van der Waals surface area contributed by atoms with Crippen LogP contribution in [-0.2, 0) is 0 Å². The lowest BCUT2D eigenvalue weighted by molar-refractivity contribution is 1.17. The molecule has 0 unspecified atom stereocenters. The molecular weight excluding hydrogens is 560 g/mol. The maximum atomic E-state index is 5.25. The molecule has 0 bridgehead atoms. The molecule has 4 heteroatoms. The number of nitrogens with zero attached hydrogens (tertiary/aromatic N) is 4. The van der Waals surface area contributed by atoms with Crippen molar-refractivity contribution in [2.45, 2.75) is 0 Å². The SMILES string of the molecule is c1ccc(-c2ccc(-c3cc(-c4ncccn4)cc(-c4nc(-c5ccccc5)c5cc(-c6ccccc6)ccc5n4)c3)cc2)cc1. The van der Waals surface area contributed by atoms with E-state index in [0.29, 0.717) is 11.6 Å². The van der Waals surface area contributed by atoms with Crippen molar-refractivity contribution in [3.8, 4) is 67.4 Å². The van der Waals surface area contributed by atoms with Gasteiger partial charge in [-0.1, -0.05) is 121 Å². The molecule has 0 saturated carbocycles. The van der Waals surface area contributed by atoms with Crippen LogP contribution in [0.4, 0.5) is 0 Å². The molecule has 0 N–H and O–H groups in total. The van der Waals surface area contributed by atoms with E-state index in [4.69, 9.17) is 9.97 Å². The third-order valence-electron chi connectivity index (χ3n) is 8.19. The van der Waals surface area contributed by atoms with E-state index in [1.165, 1.54) is 11.1 Å². The lowest BCUT2D eigenvalue weighted by atomic mass is 9.96. The summed E-state index contributed by atoms with van der Waals surface area (Å²) in [5, 5.41) is 1.01. The van der Waals surface area contributed by atoms with Crippen LogP contribution >= 0.6 is 0 Å². The summed E-state index contributed by atoms with van der Waals surface area (Å²) < 4.78 is 0. The highest BCUT2D eigenvalue weighted by Crippen LogP contribution is 2.35. The zero-order valence-electron chi connectivity index (χ0n) is 25.0. The average molecular weight is 589 g/mol. The Morgan fingerprint density at radius 3 is 1.41 bits per heavy atom. The first-order chi connectivity index (χ1) is 22.8. The van der Waals surface area contributed by atoms with Gasteiger partial charge in [-0.3, -0.25) is 0 Å². The Kier molecular flexibility index (Phi) is 7.14. The number of hydrogen-bond acceptors (Lipinski definition) is 4. The molecule has 6 aromatic carbocycles. The van der Waals surface area contributed by atoms with Crippen molar-refractivity contribution < 1.29 is 0 Å². The molecule has 4 nitrogen and oxygen atoms in total. The first-order valence-corrected chi connectivity index (χ1v) is 15.3. The predicted molar refractivity (Wildman–Crippen MR) is 188 cm³/mol. The summed E-state index contributed by atoms with van der Waals surface area (Å²) in [6.45, 7) is 0. The maximum absolute atomic E-state index is 5.25.